The summed E-state index contributed by atoms with van der Waals surface area (Å²) in [6, 6.07) is 18.6. The average Bonchev–Trinajstić information content (AvgIpc) is 2.62. The zero-order chi connectivity index (χ0) is 18.6. The van der Waals surface area contributed by atoms with Crippen LogP contribution in [0, 0.1) is 5.92 Å². The van der Waals surface area contributed by atoms with Crippen molar-refractivity contribution in [1.29, 1.82) is 0 Å². The lowest BCUT2D eigenvalue weighted by atomic mass is 9.90. The fourth-order valence-corrected chi connectivity index (χ4v) is 3.49. The monoisotopic (exact) mass is 351 g/mol. The maximum atomic E-state index is 12.1. The van der Waals surface area contributed by atoms with E-state index in [1.807, 2.05) is 45.0 Å². The smallest absolute Gasteiger partial charge is 0.338 e. The maximum absolute atomic E-state index is 12.1. The van der Waals surface area contributed by atoms with Crippen molar-refractivity contribution in [3.8, 4) is 0 Å². The molecule has 0 spiro atoms. The van der Waals surface area contributed by atoms with E-state index in [1.54, 1.807) is 0 Å². The fourth-order valence-electron chi connectivity index (χ4n) is 3.49. The van der Waals surface area contributed by atoms with Crippen LogP contribution in [0.1, 0.15) is 49.5 Å². The van der Waals surface area contributed by atoms with Gasteiger partial charge in [-0.15, -0.1) is 0 Å². The number of hydrogen-bond donors (Lipinski definition) is 0. The van der Waals surface area contributed by atoms with E-state index in [1.165, 1.54) is 30.5 Å². The quantitative estimate of drug-likeness (QED) is 0.718. The zero-order valence-corrected chi connectivity index (χ0v) is 16.1. The van der Waals surface area contributed by atoms with Gasteiger partial charge in [-0.05, 0) is 75.8 Å². The number of esters is 1. The van der Waals surface area contributed by atoms with Crippen LogP contribution in [0.25, 0.3) is 0 Å². The molecule has 0 radical (unpaired) electrons. The molecule has 1 fully saturated rings. The number of piperidine rings is 1. The Morgan fingerprint density at radius 2 is 1.62 bits per heavy atom. The number of carbonyl (C=O) groups is 1. The van der Waals surface area contributed by atoms with Crippen LogP contribution in [0.2, 0.25) is 0 Å². The van der Waals surface area contributed by atoms with Crippen LogP contribution in [-0.2, 0) is 11.2 Å². The van der Waals surface area contributed by atoms with Crippen LogP contribution in [-0.4, -0.2) is 24.7 Å². The number of anilines is 1. The Labute approximate surface area is 157 Å². The maximum Gasteiger partial charge on any atom is 0.338 e. The molecule has 3 rings (SSSR count). The van der Waals surface area contributed by atoms with Gasteiger partial charge in [0.15, 0.2) is 0 Å². The first-order valence-corrected chi connectivity index (χ1v) is 9.53. The summed E-state index contributed by atoms with van der Waals surface area (Å²) in [6.07, 6.45) is 3.59. The van der Waals surface area contributed by atoms with Crippen molar-refractivity contribution < 1.29 is 9.53 Å². The lowest BCUT2D eigenvalue weighted by Gasteiger charge is -2.33. The first kappa shape index (κ1) is 18.5. The molecule has 1 saturated heterocycles. The molecule has 3 nitrogen and oxygen atoms in total. The molecule has 0 saturated carbocycles. The Morgan fingerprint density at radius 3 is 2.19 bits per heavy atom. The van der Waals surface area contributed by atoms with Gasteiger partial charge in [0.1, 0.15) is 5.60 Å². The van der Waals surface area contributed by atoms with E-state index in [0.29, 0.717) is 5.56 Å². The predicted octanol–water partition coefficient (Wildman–Crippen LogP) is 5.10. The van der Waals surface area contributed by atoms with Gasteiger partial charge in [0.25, 0.3) is 0 Å². The van der Waals surface area contributed by atoms with E-state index in [0.717, 1.165) is 19.0 Å². The summed E-state index contributed by atoms with van der Waals surface area (Å²) in [6.45, 7) is 7.81. The van der Waals surface area contributed by atoms with Gasteiger partial charge in [-0.1, -0.05) is 30.3 Å². The molecule has 3 heteroatoms. The average molecular weight is 351 g/mol. The van der Waals surface area contributed by atoms with Crippen molar-refractivity contribution in [1.82, 2.24) is 0 Å². The summed E-state index contributed by atoms with van der Waals surface area (Å²) in [5, 5.41) is 0. The van der Waals surface area contributed by atoms with Gasteiger partial charge in [0, 0.05) is 18.8 Å². The molecule has 0 N–H and O–H groups in total. The molecule has 0 amide bonds. The second-order valence-electron chi connectivity index (χ2n) is 8.17. The molecule has 26 heavy (non-hydrogen) atoms. The van der Waals surface area contributed by atoms with Gasteiger partial charge in [-0.2, -0.15) is 0 Å². The van der Waals surface area contributed by atoms with Gasteiger partial charge >= 0.3 is 5.97 Å². The van der Waals surface area contributed by atoms with Gasteiger partial charge in [-0.3, -0.25) is 0 Å². The molecular formula is C23H29NO2. The van der Waals surface area contributed by atoms with Gasteiger partial charge in [-0.25, -0.2) is 4.79 Å². The molecule has 0 atom stereocenters. The van der Waals surface area contributed by atoms with Crippen molar-refractivity contribution >= 4 is 11.7 Å². The summed E-state index contributed by atoms with van der Waals surface area (Å²) in [5.74, 6) is 0.500. The minimum Gasteiger partial charge on any atom is -0.456 e. The van der Waals surface area contributed by atoms with Crippen LogP contribution in [0.5, 0.6) is 0 Å². The predicted molar refractivity (Wildman–Crippen MR) is 107 cm³/mol. The summed E-state index contributed by atoms with van der Waals surface area (Å²) < 4.78 is 5.43. The number of rotatable bonds is 4. The molecule has 1 aliphatic rings. The first-order chi connectivity index (χ1) is 12.4. The number of ether oxygens (including phenoxy) is 1. The highest BCUT2D eigenvalue weighted by Crippen LogP contribution is 2.26. The van der Waals surface area contributed by atoms with E-state index in [4.69, 9.17) is 4.74 Å². The summed E-state index contributed by atoms with van der Waals surface area (Å²) in [7, 11) is 0. The third-order valence-electron chi connectivity index (χ3n) is 4.85. The third kappa shape index (κ3) is 5.10. The number of nitrogens with zero attached hydrogens (tertiary/aromatic N) is 1. The van der Waals surface area contributed by atoms with Gasteiger partial charge < -0.3 is 9.64 Å². The number of benzene rings is 2. The van der Waals surface area contributed by atoms with E-state index in [-0.39, 0.29) is 5.97 Å². The Balaban J connectivity index is 1.54. The van der Waals surface area contributed by atoms with Crippen LogP contribution >= 0.6 is 0 Å². The molecule has 0 aliphatic carbocycles. The van der Waals surface area contributed by atoms with Crippen molar-refractivity contribution in [2.45, 2.75) is 45.6 Å². The molecule has 0 aromatic heterocycles. The molecule has 0 unspecified atom stereocenters. The number of hydrogen-bond acceptors (Lipinski definition) is 3. The van der Waals surface area contributed by atoms with E-state index in [9.17, 15) is 4.79 Å². The molecule has 138 valence electrons. The van der Waals surface area contributed by atoms with Crippen molar-refractivity contribution in [2.24, 2.45) is 5.92 Å². The Morgan fingerprint density at radius 1 is 1.00 bits per heavy atom. The SMILES string of the molecule is CC(C)(C)OC(=O)c1ccc(N2CCC(Cc3ccccc3)CC2)cc1. The summed E-state index contributed by atoms with van der Waals surface area (Å²) >= 11 is 0. The summed E-state index contributed by atoms with van der Waals surface area (Å²) in [4.78, 5) is 14.5. The minimum absolute atomic E-state index is 0.259. The highest BCUT2D eigenvalue weighted by molar-refractivity contribution is 5.90. The number of carbonyl (C=O) groups excluding carboxylic acids is 1. The normalized spacial score (nSPS) is 15.7. The second kappa shape index (κ2) is 7.94. The summed E-state index contributed by atoms with van der Waals surface area (Å²) in [5.41, 5.74) is 2.78. The van der Waals surface area contributed by atoms with Crippen LogP contribution < -0.4 is 4.90 Å². The Bertz CT molecular complexity index is 708. The van der Waals surface area contributed by atoms with E-state index >= 15 is 0 Å². The van der Waals surface area contributed by atoms with Crippen molar-refractivity contribution in [3.05, 3.63) is 65.7 Å². The highest BCUT2D eigenvalue weighted by atomic mass is 16.6. The Kier molecular flexibility index (Phi) is 5.65. The second-order valence-corrected chi connectivity index (χ2v) is 8.17. The molecular weight excluding hydrogens is 322 g/mol. The van der Waals surface area contributed by atoms with Crippen molar-refractivity contribution in [3.63, 3.8) is 0 Å². The lowest BCUT2D eigenvalue weighted by Crippen LogP contribution is -2.34. The third-order valence-corrected chi connectivity index (χ3v) is 4.85. The molecule has 2 aromatic rings. The molecule has 1 heterocycles. The van der Waals surface area contributed by atoms with E-state index < -0.39 is 5.60 Å². The fraction of sp³-hybridized carbons (Fsp3) is 0.435. The molecule has 1 aliphatic heterocycles. The first-order valence-electron chi connectivity index (χ1n) is 9.53. The van der Waals surface area contributed by atoms with Crippen LogP contribution in [0.4, 0.5) is 5.69 Å². The van der Waals surface area contributed by atoms with Gasteiger partial charge in [0.05, 0.1) is 5.56 Å². The largest absolute Gasteiger partial charge is 0.456 e. The topological polar surface area (TPSA) is 29.5 Å². The standard InChI is InChI=1S/C23H29NO2/c1-23(2,3)26-22(25)20-9-11-21(12-10-20)24-15-13-19(14-16-24)17-18-7-5-4-6-8-18/h4-12,19H,13-17H2,1-3H3. The lowest BCUT2D eigenvalue weighted by molar-refractivity contribution is 0.00696. The van der Waals surface area contributed by atoms with Crippen molar-refractivity contribution in [2.75, 3.05) is 18.0 Å². The Hall–Kier alpha value is -2.29. The minimum atomic E-state index is -0.462. The molecule has 2 aromatic carbocycles. The molecule has 0 bridgehead atoms. The highest BCUT2D eigenvalue weighted by Gasteiger charge is 2.21. The van der Waals surface area contributed by atoms with Crippen LogP contribution in [0.15, 0.2) is 54.6 Å². The zero-order valence-electron chi connectivity index (χ0n) is 16.1. The van der Waals surface area contributed by atoms with Crippen LogP contribution in [0.3, 0.4) is 0 Å². The van der Waals surface area contributed by atoms with E-state index in [2.05, 4.69) is 35.2 Å². The van der Waals surface area contributed by atoms with Gasteiger partial charge in [0.2, 0.25) is 0 Å².